The zero-order chi connectivity index (χ0) is 17.8. The molecular formula is C17H18FN3O4. The summed E-state index contributed by atoms with van der Waals surface area (Å²) in [7, 11) is 0. The molecule has 132 valence electrons. The van der Waals surface area contributed by atoms with E-state index in [0.717, 1.165) is 19.2 Å². The molecule has 0 atom stereocenters. The lowest BCUT2D eigenvalue weighted by molar-refractivity contribution is 0.0383. The average Bonchev–Trinajstić information content (AvgIpc) is 2.61. The summed E-state index contributed by atoms with van der Waals surface area (Å²) in [5.41, 5.74) is 0.0130. The summed E-state index contributed by atoms with van der Waals surface area (Å²) in [4.78, 5) is 30.0. The maximum atomic E-state index is 13.4. The van der Waals surface area contributed by atoms with Gasteiger partial charge in [-0.3, -0.25) is 9.69 Å². The second-order valence-corrected chi connectivity index (χ2v) is 5.73. The lowest BCUT2D eigenvalue weighted by atomic mass is 10.1. The third-order valence-electron chi connectivity index (χ3n) is 4.05. The predicted molar refractivity (Wildman–Crippen MR) is 88.3 cm³/mol. The van der Waals surface area contributed by atoms with Gasteiger partial charge in [-0.15, -0.1) is 0 Å². The number of morpholine rings is 1. The second kappa shape index (κ2) is 7.54. The van der Waals surface area contributed by atoms with Crippen LogP contribution in [0.2, 0.25) is 0 Å². The summed E-state index contributed by atoms with van der Waals surface area (Å²) in [5.74, 6) is -2.22. The minimum Gasteiger partial charge on any atom is -0.478 e. The number of aromatic nitrogens is 1. The van der Waals surface area contributed by atoms with Gasteiger partial charge in [-0.05, 0) is 18.2 Å². The molecule has 1 aromatic carbocycles. The minimum atomic E-state index is -1.19. The quantitative estimate of drug-likeness (QED) is 0.843. The Balaban J connectivity index is 1.75. The zero-order valence-electron chi connectivity index (χ0n) is 13.5. The van der Waals surface area contributed by atoms with Crippen LogP contribution in [-0.4, -0.2) is 66.3 Å². The van der Waals surface area contributed by atoms with Gasteiger partial charge < -0.3 is 15.2 Å². The summed E-state index contributed by atoms with van der Waals surface area (Å²) in [6.45, 7) is 4.05. The van der Waals surface area contributed by atoms with E-state index in [2.05, 4.69) is 15.2 Å². The van der Waals surface area contributed by atoms with Crippen molar-refractivity contribution >= 4 is 22.8 Å². The summed E-state index contributed by atoms with van der Waals surface area (Å²) in [6.07, 6.45) is 0. The smallest absolute Gasteiger partial charge is 0.336 e. The summed E-state index contributed by atoms with van der Waals surface area (Å²) in [6, 6.07) is 4.85. The fraction of sp³-hybridized carbons (Fsp3) is 0.353. The molecule has 0 saturated carbocycles. The first-order chi connectivity index (χ1) is 12.0. The van der Waals surface area contributed by atoms with Crippen molar-refractivity contribution in [3.8, 4) is 0 Å². The Morgan fingerprint density at radius 2 is 2.04 bits per heavy atom. The number of aromatic carboxylic acids is 1. The molecule has 2 N–H and O–H groups in total. The summed E-state index contributed by atoms with van der Waals surface area (Å²) < 4.78 is 18.7. The highest BCUT2D eigenvalue weighted by Gasteiger charge is 2.17. The number of fused-ring (bicyclic) bond motifs is 1. The first-order valence-electron chi connectivity index (χ1n) is 7.96. The van der Waals surface area contributed by atoms with Crippen LogP contribution in [-0.2, 0) is 4.74 Å². The number of carbonyl (C=O) groups is 2. The summed E-state index contributed by atoms with van der Waals surface area (Å²) in [5, 5.41) is 12.3. The van der Waals surface area contributed by atoms with Crippen molar-refractivity contribution in [3.63, 3.8) is 0 Å². The van der Waals surface area contributed by atoms with Crippen molar-refractivity contribution in [2.75, 3.05) is 39.4 Å². The van der Waals surface area contributed by atoms with E-state index in [1.165, 1.54) is 18.2 Å². The van der Waals surface area contributed by atoms with Crippen LogP contribution >= 0.6 is 0 Å². The van der Waals surface area contributed by atoms with Crippen LogP contribution in [0.25, 0.3) is 10.9 Å². The highest BCUT2D eigenvalue weighted by molar-refractivity contribution is 6.05. The molecule has 2 aromatic rings. The Labute approximate surface area is 143 Å². The van der Waals surface area contributed by atoms with Crippen LogP contribution in [0.5, 0.6) is 0 Å². The highest BCUT2D eigenvalue weighted by atomic mass is 19.1. The number of hydrogen-bond acceptors (Lipinski definition) is 5. The van der Waals surface area contributed by atoms with Gasteiger partial charge in [0.25, 0.3) is 5.91 Å². The third kappa shape index (κ3) is 4.09. The number of hydrogen-bond donors (Lipinski definition) is 2. The first-order valence-corrected chi connectivity index (χ1v) is 7.96. The number of amides is 1. The number of halogens is 1. The Hall–Kier alpha value is -2.58. The van der Waals surface area contributed by atoms with Crippen LogP contribution in [0.3, 0.4) is 0 Å². The van der Waals surface area contributed by atoms with Gasteiger partial charge in [-0.25, -0.2) is 14.2 Å². The number of nitrogens with zero attached hydrogens (tertiary/aromatic N) is 2. The number of benzene rings is 1. The van der Waals surface area contributed by atoms with Crippen LogP contribution in [0, 0.1) is 5.82 Å². The molecule has 7 nitrogen and oxygen atoms in total. The van der Waals surface area contributed by atoms with E-state index in [4.69, 9.17) is 4.74 Å². The largest absolute Gasteiger partial charge is 0.478 e. The number of carboxylic acids is 1. The maximum absolute atomic E-state index is 13.4. The lowest BCUT2D eigenvalue weighted by Gasteiger charge is -2.26. The third-order valence-corrected chi connectivity index (χ3v) is 4.05. The second-order valence-electron chi connectivity index (χ2n) is 5.73. The van der Waals surface area contributed by atoms with Gasteiger partial charge in [-0.2, -0.15) is 0 Å². The molecule has 0 bridgehead atoms. The van der Waals surface area contributed by atoms with Gasteiger partial charge in [0.2, 0.25) is 0 Å². The standard InChI is InChI=1S/C17H18FN3O4/c18-11-1-2-12-13(17(23)24)10-15(20-14(12)9-11)16(22)19-3-4-21-5-7-25-8-6-21/h1-2,9-10H,3-8H2,(H,19,22)(H,23,24). The van der Waals surface area contributed by atoms with Gasteiger partial charge in [0.15, 0.2) is 0 Å². The fourth-order valence-corrected chi connectivity index (χ4v) is 2.74. The average molecular weight is 347 g/mol. The molecule has 2 heterocycles. The van der Waals surface area contributed by atoms with E-state index < -0.39 is 17.7 Å². The van der Waals surface area contributed by atoms with E-state index in [1.54, 1.807) is 0 Å². The summed E-state index contributed by atoms with van der Waals surface area (Å²) >= 11 is 0. The van der Waals surface area contributed by atoms with E-state index in [9.17, 15) is 19.1 Å². The SMILES string of the molecule is O=C(NCCN1CCOCC1)c1cc(C(=O)O)c2ccc(F)cc2n1. The van der Waals surface area contributed by atoms with Gasteiger partial charge in [0.1, 0.15) is 11.5 Å². The van der Waals surface area contributed by atoms with Gasteiger partial charge in [0, 0.05) is 37.6 Å². The molecule has 3 rings (SSSR count). The Bertz CT molecular complexity index is 806. The monoisotopic (exact) mass is 347 g/mol. The van der Waals surface area contributed by atoms with Crippen molar-refractivity contribution < 1.29 is 23.8 Å². The number of pyridine rings is 1. The van der Waals surface area contributed by atoms with Crippen molar-refractivity contribution in [2.24, 2.45) is 0 Å². The Morgan fingerprint density at radius 1 is 1.28 bits per heavy atom. The molecule has 1 amide bonds. The minimum absolute atomic E-state index is 0.0440. The number of carboxylic acid groups (broad SMARTS) is 1. The first kappa shape index (κ1) is 17.2. The van der Waals surface area contributed by atoms with Crippen LogP contribution in [0.1, 0.15) is 20.8 Å². The number of rotatable bonds is 5. The fourth-order valence-electron chi connectivity index (χ4n) is 2.74. The van der Waals surface area contributed by atoms with E-state index in [0.29, 0.717) is 31.7 Å². The predicted octanol–water partition coefficient (Wildman–Crippen LogP) is 1.13. The maximum Gasteiger partial charge on any atom is 0.336 e. The lowest BCUT2D eigenvalue weighted by Crippen LogP contribution is -2.41. The molecule has 0 unspecified atom stereocenters. The Kier molecular flexibility index (Phi) is 5.20. The molecule has 25 heavy (non-hydrogen) atoms. The topological polar surface area (TPSA) is 91.8 Å². The van der Waals surface area contributed by atoms with Gasteiger partial charge >= 0.3 is 5.97 Å². The van der Waals surface area contributed by atoms with Crippen molar-refractivity contribution in [3.05, 3.63) is 41.3 Å². The normalized spacial score (nSPS) is 15.2. The van der Waals surface area contributed by atoms with Crippen LogP contribution in [0.15, 0.2) is 24.3 Å². The molecule has 0 aliphatic carbocycles. The van der Waals surface area contributed by atoms with Gasteiger partial charge in [0.05, 0.1) is 24.3 Å². The number of ether oxygens (including phenoxy) is 1. The molecule has 1 aliphatic heterocycles. The van der Waals surface area contributed by atoms with Crippen molar-refractivity contribution in [1.29, 1.82) is 0 Å². The van der Waals surface area contributed by atoms with E-state index in [-0.39, 0.29) is 16.8 Å². The van der Waals surface area contributed by atoms with Crippen LogP contribution < -0.4 is 5.32 Å². The molecule has 0 spiro atoms. The van der Waals surface area contributed by atoms with Crippen molar-refractivity contribution in [2.45, 2.75) is 0 Å². The van der Waals surface area contributed by atoms with Crippen molar-refractivity contribution in [1.82, 2.24) is 15.2 Å². The molecule has 1 aromatic heterocycles. The number of carbonyl (C=O) groups excluding carboxylic acids is 1. The Morgan fingerprint density at radius 3 is 2.76 bits per heavy atom. The molecule has 0 radical (unpaired) electrons. The zero-order valence-corrected chi connectivity index (χ0v) is 13.5. The van der Waals surface area contributed by atoms with E-state index >= 15 is 0 Å². The van der Waals surface area contributed by atoms with E-state index in [1.807, 2.05) is 0 Å². The number of nitrogens with one attached hydrogen (secondary N) is 1. The van der Waals surface area contributed by atoms with Gasteiger partial charge in [-0.1, -0.05) is 0 Å². The molecule has 8 heteroatoms. The molecule has 1 fully saturated rings. The molecular weight excluding hydrogens is 329 g/mol. The highest BCUT2D eigenvalue weighted by Crippen LogP contribution is 2.20. The molecule has 1 saturated heterocycles. The molecule has 1 aliphatic rings. The van der Waals surface area contributed by atoms with Crippen LogP contribution in [0.4, 0.5) is 4.39 Å².